The van der Waals surface area contributed by atoms with Crippen molar-refractivity contribution in [3.8, 4) is 11.5 Å². The number of carbonyl (C=O) groups excluding carboxylic acids is 2. The maximum atomic E-state index is 12.3. The molecule has 0 fully saturated rings. The molecule has 0 unspecified atom stereocenters. The number of nitrogens with one attached hydrogen (secondary N) is 2. The number of anilines is 1. The van der Waals surface area contributed by atoms with Crippen LogP contribution in [-0.2, 0) is 23.2 Å². The smallest absolute Gasteiger partial charge is 0.244 e. The van der Waals surface area contributed by atoms with E-state index in [9.17, 15) is 9.59 Å². The van der Waals surface area contributed by atoms with E-state index < -0.39 is 0 Å². The second-order valence-corrected chi connectivity index (χ2v) is 8.78. The molecule has 0 aliphatic rings. The van der Waals surface area contributed by atoms with Crippen LogP contribution >= 0.6 is 11.8 Å². The minimum Gasteiger partial charge on any atom is -0.493 e. The van der Waals surface area contributed by atoms with Gasteiger partial charge in [0.25, 0.3) is 0 Å². The molecule has 0 saturated heterocycles. The highest BCUT2D eigenvalue weighted by Crippen LogP contribution is 2.28. The predicted octanol–water partition coefficient (Wildman–Crippen LogP) is 3.51. The second kappa shape index (κ2) is 12.1. The van der Waals surface area contributed by atoms with E-state index in [0.29, 0.717) is 22.5 Å². The quantitative estimate of drug-likeness (QED) is 0.327. The van der Waals surface area contributed by atoms with Crippen LogP contribution in [0.3, 0.4) is 0 Å². The summed E-state index contributed by atoms with van der Waals surface area (Å²) in [5.41, 5.74) is 3.75. The SMILES string of the molecule is COc1ccc(C=CC(=O)NCc2nnc(SCC(=O)Nc3cc(C)cc(C)c3)n2C)cc1OC. The van der Waals surface area contributed by atoms with Gasteiger partial charge in [0.05, 0.1) is 26.5 Å². The molecule has 0 radical (unpaired) electrons. The predicted molar refractivity (Wildman–Crippen MR) is 137 cm³/mol. The van der Waals surface area contributed by atoms with Crippen molar-refractivity contribution in [3.63, 3.8) is 0 Å². The molecule has 0 atom stereocenters. The zero-order valence-corrected chi connectivity index (χ0v) is 21.2. The Bertz CT molecular complexity index is 1220. The summed E-state index contributed by atoms with van der Waals surface area (Å²) in [7, 11) is 4.92. The van der Waals surface area contributed by atoms with Crippen molar-refractivity contribution in [3.05, 3.63) is 65.0 Å². The molecule has 1 aromatic heterocycles. The van der Waals surface area contributed by atoms with Crippen LogP contribution in [0.5, 0.6) is 11.5 Å². The number of rotatable bonds is 10. The van der Waals surface area contributed by atoms with E-state index >= 15 is 0 Å². The fourth-order valence-electron chi connectivity index (χ4n) is 3.35. The number of hydrogen-bond donors (Lipinski definition) is 2. The monoisotopic (exact) mass is 495 g/mol. The zero-order chi connectivity index (χ0) is 25.4. The van der Waals surface area contributed by atoms with E-state index in [1.807, 2.05) is 32.0 Å². The zero-order valence-electron chi connectivity index (χ0n) is 20.4. The lowest BCUT2D eigenvalue weighted by molar-refractivity contribution is -0.116. The van der Waals surface area contributed by atoms with Gasteiger partial charge in [0.1, 0.15) is 0 Å². The summed E-state index contributed by atoms with van der Waals surface area (Å²) in [5, 5.41) is 14.5. The van der Waals surface area contributed by atoms with Crippen molar-refractivity contribution in [2.45, 2.75) is 25.5 Å². The Morgan fingerprint density at radius 1 is 1.03 bits per heavy atom. The summed E-state index contributed by atoms with van der Waals surface area (Å²) < 4.78 is 12.2. The summed E-state index contributed by atoms with van der Waals surface area (Å²) in [4.78, 5) is 24.6. The molecule has 2 N–H and O–H groups in total. The fourth-order valence-corrected chi connectivity index (χ4v) is 4.08. The largest absolute Gasteiger partial charge is 0.493 e. The Hall–Kier alpha value is -3.79. The van der Waals surface area contributed by atoms with Crippen LogP contribution in [0.1, 0.15) is 22.5 Å². The highest BCUT2D eigenvalue weighted by molar-refractivity contribution is 7.99. The van der Waals surface area contributed by atoms with Crippen molar-refractivity contribution in [1.29, 1.82) is 0 Å². The molecule has 1 heterocycles. The molecular weight excluding hydrogens is 466 g/mol. The molecule has 2 amide bonds. The number of ether oxygens (including phenoxy) is 2. The lowest BCUT2D eigenvalue weighted by atomic mass is 10.1. The highest BCUT2D eigenvalue weighted by Gasteiger charge is 2.12. The first-order chi connectivity index (χ1) is 16.8. The van der Waals surface area contributed by atoms with Gasteiger partial charge in [0.15, 0.2) is 22.5 Å². The number of methoxy groups -OCH3 is 2. The fraction of sp³-hybridized carbons (Fsp3) is 0.280. The first-order valence-corrected chi connectivity index (χ1v) is 11.8. The van der Waals surface area contributed by atoms with Gasteiger partial charge in [-0.25, -0.2) is 0 Å². The average molecular weight is 496 g/mol. The molecule has 0 saturated carbocycles. The third-order valence-corrected chi connectivity index (χ3v) is 6.04. The van der Waals surface area contributed by atoms with Crippen molar-refractivity contribution < 1.29 is 19.1 Å². The van der Waals surface area contributed by atoms with Crippen molar-refractivity contribution >= 4 is 35.3 Å². The van der Waals surface area contributed by atoms with Crippen molar-refractivity contribution in [2.75, 3.05) is 25.3 Å². The molecule has 10 heteroatoms. The van der Waals surface area contributed by atoms with Crippen LogP contribution in [0.2, 0.25) is 0 Å². The summed E-state index contributed by atoms with van der Waals surface area (Å²) in [6.07, 6.45) is 3.12. The van der Waals surface area contributed by atoms with Crippen LogP contribution in [0, 0.1) is 13.8 Å². The van der Waals surface area contributed by atoms with Crippen molar-refractivity contribution in [2.24, 2.45) is 7.05 Å². The normalized spacial score (nSPS) is 10.9. The third kappa shape index (κ3) is 7.35. The van der Waals surface area contributed by atoms with Crippen LogP contribution in [0.15, 0.2) is 47.6 Å². The molecule has 35 heavy (non-hydrogen) atoms. The Kier molecular flexibility index (Phi) is 8.91. The van der Waals surface area contributed by atoms with Gasteiger partial charge >= 0.3 is 0 Å². The first kappa shape index (κ1) is 25.8. The number of hydrogen-bond acceptors (Lipinski definition) is 7. The lowest BCUT2D eigenvalue weighted by Gasteiger charge is -2.08. The van der Waals surface area contributed by atoms with Crippen LogP contribution < -0.4 is 20.1 Å². The number of thioether (sulfide) groups is 1. The molecule has 0 aliphatic carbocycles. The van der Waals surface area contributed by atoms with E-state index in [1.165, 1.54) is 17.8 Å². The molecule has 2 aromatic carbocycles. The van der Waals surface area contributed by atoms with Crippen LogP contribution in [0.4, 0.5) is 5.69 Å². The minimum atomic E-state index is -0.273. The van der Waals surface area contributed by atoms with Gasteiger partial charge in [-0.3, -0.25) is 9.59 Å². The maximum absolute atomic E-state index is 12.3. The molecule has 3 rings (SSSR count). The Morgan fingerprint density at radius 2 is 1.74 bits per heavy atom. The molecule has 3 aromatic rings. The number of aromatic nitrogens is 3. The Morgan fingerprint density at radius 3 is 2.43 bits per heavy atom. The highest BCUT2D eigenvalue weighted by atomic mass is 32.2. The molecule has 184 valence electrons. The number of amides is 2. The van der Waals surface area contributed by atoms with Gasteiger partial charge in [-0.15, -0.1) is 10.2 Å². The lowest BCUT2D eigenvalue weighted by Crippen LogP contribution is -2.22. The van der Waals surface area contributed by atoms with E-state index in [2.05, 4.69) is 26.9 Å². The van der Waals surface area contributed by atoms with Gasteiger partial charge in [-0.2, -0.15) is 0 Å². The average Bonchev–Trinajstić information content (AvgIpc) is 3.18. The van der Waals surface area contributed by atoms with Gasteiger partial charge in [0, 0.05) is 18.8 Å². The molecule has 0 bridgehead atoms. The number of aryl methyl sites for hydroxylation is 2. The number of benzene rings is 2. The second-order valence-electron chi connectivity index (χ2n) is 7.84. The van der Waals surface area contributed by atoms with Crippen LogP contribution in [0.25, 0.3) is 6.08 Å². The Labute approximate surface area is 208 Å². The number of carbonyl (C=O) groups is 2. The van der Waals surface area contributed by atoms with E-state index in [4.69, 9.17) is 9.47 Å². The maximum Gasteiger partial charge on any atom is 0.244 e. The summed E-state index contributed by atoms with van der Waals surface area (Å²) in [6, 6.07) is 11.3. The summed E-state index contributed by atoms with van der Waals surface area (Å²) in [5.74, 6) is 1.58. The number of nitrogens with zero attached hydrogens (tertiary/aromatic N) is 3. The first-order valence-electron chi connectivity index (χ1n) is 10.9. The third-order valence-electron chi connectivity index (χ3n) is 5.02. The van der Waals surface area contributed by atoms with Gasteiger partial charge in [0.2, 0.25) is 11.8 Å². The van der Waals surface area contributed by atoms with Gasteiger partial charge < -0.3 is 24.7 Å². The molecule has 0 spiro atoms. The molecular formula is C25H29N5O4S. The van der Waals surface area contributed by atoms with Gasteiger partial charge in [-0.05, 0) is 60.9 Å². The Balaban J connectivity index is 1.50. The van der Waals surface area contributed by atoms with E-state index in [0.717, 1.165) is 22.4 Å². The topological polar surface area (TPSA) is 107 Å². The van der Waals surface area contributed by atoms with Gasteiger partial charge in [-0.1, -0.05) is 23.9 Å². The van der Waals surface area contributed by atoms with E-state index in [-0.39, 0.29) is 24.1 Å². The summed E-state index contributed by atoms with van der Waals surface area (Å²) >= 11 is 1.28. The standard InChI is InChI=1S/C25H29N5O4S/c1-16-10-17(2)12-19(11-16)27-24(32)15-35-25-29-28-22(30(25)3)14-26-23(31)9-7-18-6-8-20(33-4)21(13-18)34-5/h6-13H,14-15H2,1-5H3,(H,26,31)(H,27,32). The van der Waals surface area contributed by atoms with Crippen molar-refractivity contribution in [1.82, 2.24) is 20.1 Å². The molecule has 9 nitrogen and oxygen atoms in total. The minimum absolute atomic E-state index is 0.127. The van der Waals surface area contributed by atoms with Crippen LogP contribution in [-0.4, -0.2) is 46.6 Å². The van der Waals surface area contributed by atoms with E-state index in [1.54, 1.807) is 44.0 Å². The summed E-state index contributed by atoms with van der Waals surface area (Å²) in [6.45, 7) is 4.18. The molecule has 0 aliphatic heterocycles.